The average molecular weight is 262 g/mol. The van der Waals surface area contributed by atoms with Crippen molar-refractivity contribution < 1.29 is 9.53 Å². The van der Waals surface area contributed by atoms with Crippen LogP contribution in [0, 0.1) is 16.7 Å². The van der Waals surface area contributed by atoms with Crippen molar-refractivity contribution in [3.8, 4) is 6.07 Å². The molecule has 0 atom stereocenters. The number of hydrogen-bond donors (Lipinski definition) is 0. The fourth-order valence-electron chi connectivity index (χ4n) is 3.23. The largest absolute Gasteiger partial charge is 0.464 e. The minimum Gasteiger partial charge on any atom is -0.464 e. The number of thiazole rings is 1. The average Bonchev–Trinajstić information content (AvgIpc) is 2.75. The van der Waals surface area contributed by atoms with Crippen molar-refractivity contribution >= 4 is 17.3 Å². The van der Waals surface area contributed by atoms with Gasteiger partial charge in [0.05, 0.1) is 13.2 Å². The van der Waals surface area contributed by atoms with E-state index < -0.39 is 11.4 Å². The van der Waals surface area contributed by atoms with E-state index in [0.717, 1.165) is 17.8 Å². The Morgan fingerprint density at radius 2 is 2.28 bits per heavy atom. The molecule has 0 N–H and O–H groups in total. The molecule has 2 aliphatic rings. The molecule has 2 fully saturated rings. The van der Waals surface area contributed by atoms with Crippen LogP contribution in [0.3, 0.4) is 0 Å². The summed E-state index contributed by atoms with van der Waals surface area (Å²) in [4.78, 5) is 15.7. The van der Waals surface area contributed by atoms with E-state index in [4.69, 9.17) is 0 Å². The van der Waals surface area contributed by atoms with Crippen molar-refractivity contribution in [2.24, 2.45) is 5.41 Å². The molecule has 0 aromatic carbocycles. The van der Waals surface area contributed by atoms with Crippen LogP contribution in [0.2, 0.25) is 0 Å². The molecule has 0 bridgehead atoms. The van der Waals surface area contributed by atoms with Crippen LogP contribution < -0.4 is 0 Å². The predicted molar refractivity (Wildman–Crippen MR) is 66.3 cm³/mol. The fraction of sp³-hybridized carbons (Fsp3) is 0.615. The second kappa shape index (κ2) is 3.79. The minimum absolute atomic E-state index is 0.321. The summed E-state index contributed by atoms with van der Waals surface area (Å²) < 4.78 is 4.64. The van der Waals surface area contributed by atoms with Crippen LogP contribution in [-0.2, 0) is 10.2 Å². The van der Waals surface area contributed by atoms with Gasteiger partial charge in [-0.1, -0.05) is 6.42 Å². The van der Waals surface area contributed by atoms with Crippen molar-refractivity contribution in [2.75, 3.05) is 7.11 Å². The van der Waals surface area contributed by atoms with E-state index in [-0.39, 0.29) is 0 Å². The van der Waals surface area contributed by atoms with Crippen molar-refractivity contribution in [3.05, 3.63) is 16.1 Å². The van der Waals surface area contributed by atoms with E-state index >= 15 is 0 Å². The van der Waals surface area contributed by atoms with Gasteiger partial charge in [-0.15, -0.1) is 11.3 Å². The van der Waals surface area contributed by atoms with Gasteiger partial charge in [0.1, 0.15) is 10.4 Å². The lowest BCUT2D eigenvalue weighted by Crippen LogP contribution is -2.52. The lowest BCUT2D eigenvalue weighted by molar-refractivity contribution is -0.0228. The zero-order valence-electron chi connectivity index (χ0n) is 10.2. The molecule has 1 aromatic rings. The molecule has 4 nitrogen and oxygen atoms in total. The second-order valence-electron chi connectivity index (χ2n) is 5.43. The number of esters is 1. The molecular weight excluding hydrogens is 248 g/mol. The van der Waals surface area contributed by atoms with E-state index in [1.165, 1.54) is 37.7 Å². The van der Waals surface area contributed by atoms with Crippen molar-refractivity contribution in [1.82, 2.24) is 4.98 Å². The van der Waals surface area contributed by atoms with Gasteiger partial charge in [-0.05, 0) is 31.1 Å². The highest BCUT2D eigenvalue weighted by atomic mass is 32.1. The summed E-state index contributed by atoms with van der Waals surface area (Å²) in [7, 11) is 1.34. The zero-order chi connectivity index (χ0) is 12.8. The van der Waals surface area contributed by atoms with Gasteiger partial charge in [-0.3, -0.25) is 0 Å². The third-order valence-electron chi connectivity index (χ3n) is 4.29. The number of nitrogens with zero attached hydrogens (tertiary/aromatic N) is 2. The molecule has 0 aliphatic heterocycles. The number of ether oxygens (including phenoxy) is 1. The summed E-state index contributed by atoms with van der Waals surface area (Å²) in [5.74, 6) is -0.428. The normalized spacial score (nSPS) is 22.7. The molecule has 5 heteroatoms. The molecule has 1 heterocycles. The van der Waals surface area contributed by atoms with Gasteiger partial charge in [-0.2, -0.15) is 5.26 Å². The van der Waals surface area contributed by atoms with Crippen LogP contribution in [-0.4, -0.2) is 18.1 Å². The first-order valence-corrected chi connectivity index (χ1v) is 6.97. The summed E-state index contributed by atoms with van der Waals surface area (Å²) in [5, 5.41) is 11.9. The minimum atomic E-state index is -0.447. The Hall–Kier alpha value is -1.41. The SMILES string of the molecule is COC(=O)c1csc(C2(C#N)CC3(CCC3)C2)n1. The first-order chi connectivity index (χ1) is 8.63. The van der Waals surface area contributed by atoms with E-state index in [1.807, 2.05) is 0 Å². The van der Waals surface area contributed by atoms with Gasteiger partial charge in [0.25, 0.3) is 0 Å². The summed E-state index contributed by atoms with van der Waals surface area (Å²) in [6.07, 6.45) is 5.58. The van der Waals surface area contributed by atoms with Crippen molar-refractivity contribution in [3.63, 3.8) is 0 Å². The standard InChI is InChI=1S/C13H14N2O2S/c1-17-10(16)9-5-18-11(15-9)13(8-14)6-12(7-13)3-2-4-12/h5H,2-4,6-7H2,1H3. The molecule has 3 rings (SSSR count). The van der Waals surface area contributed by atoms with Gasteiger partial charge in [0.15, 0.2) is 5.69 Å². The van der Waals surface area contributed by atoms with E-state index in [9.17, 15) is 10.1 Å². The molecule has 18 heavy (non-hydrogen) atoms. The fourth-order valence-corrected chi connectivity index (χ4v) is 4.17. The molecular formula is C13H14N2O2S. The van der Waals surface area contributed by atoms with Crippen LogP contribution in [0.5, 0.6) is 0 Å². The molecule has 0 unspecified atom stereocenters. The number of hydrogen-bond acceptors (Lipinski definition) is 5. The van der Waals surface area contributed by atoms with Crippen LogP contribution in [0.4, 0.5) is 0 Å². The number of nitriles is 1. The van der Waals surface area contributed by atoms with Gasteiger partial charge >= 0.3 is 5.97 Å². The lowest BCUT2D eigenvalue weighted by atomic mass is 9.46. The molecule has 94 valence electrons. The molecule has 2 saturated carbocycles. The maximum atomic E-state index is 11.4. The summed E-state index contributed by atoms with van der Waals surface area (Å²) in [6.45, 7) is 0. The van der Waals surface area contributed by atoms with Crippen LogP contribution in [0.25, 0.3) is 0 Å². The zero-order valence-corrected chi connectivity index (χ0v) is 11.0. The number of carbonyl (C=O) groups is 1. The Bertz CT molecular complexity index is 531. The Labute approximate surface area is 110 Å². The lowest BCUT2D eigenvalue weighted by Gasteiger charge is -2.57. The molecule has 0 radical (unpaired) electrons. The Balaban J connectivity index is 1.83. The monoisotopic (exact) mass is 262 g/mol. The quantitative estimate of drug-likeness (QED) is 0.769. The first kappa shape index (κ1) is 11.7. The molecule has 0 amide bonds. The van der Waals surface area contributed by atoms with Crippen LogP contribution in [0.15, 0.2) is 5.38 Å². The topological polar surface area (TPSA) is 63.0 Å². The van der Waals surface area contributed by atoms with E-state index in [1.54, 1.807) is 5.38 Å². The predicted octanol–water partition coefficient (Wildman–Crippen LogP) is 2.66. The second-order valence-corrected chi connectivity index (χ2v) is 6.29. The van der Waals surface area contributed by atoms with Gasteiger partial charge in [0.2, 0.25) is 0 Å². The number of rotatable bonds is 2. The number of aromatic nitrogens is 1. The molecule has 1 spiro atoms. The van der Waals surface area contributed by atoms with E-state index in [0.29, 0.717) is 11.1 Å². The Kier molecular flexibility index (Phi) is 2.46. The summed E-state index contributed by atoms with van der Waals surface area (Å²) in [6, 6.07) is 2.42. The highest BCUT2D eigenvalue weighted by molar-refractivity contribution is 7.10. The Morgan fingerprint density at radius 1 is 1.56 bits per heavy atom. The molecule has 2 aliphatic carbocycles. The van der Waals surface area contributed by atoms with Crippen molar-refractivity contribution in [2.45, 2.75) is 37.5 Å². The highest BCUT2D eigenvalue weighted by Crippen LogP contribution is 2.64. The molecule has 1 aromatic heterocycles. The maximum Gasteiger partial charge on any atom is 0.357 e. The highest BCUT2D eigenvalue weighted by Gasteiger charge is 2.59. The maximum absolute atomic E-state index is 11.4. The molecule has 0 saturated heterocycles. The summed E-state index contributed by atoms with van der Waals surface area (Å²) in [5.41, 5.74) is 0.283. The van der Waals surface area contributed by atoms with Gasteiger partial charge in [-0.25, -0.2) is 9.78 Å². The number of carbonyl (C=O) groups excluding carboxylic acids is 1. The Morgan fingerprint density at radius 3 is 2.78 bits per heavy atom. The third-order valence-corrected chi connectivity index (χ3v) is 5.34. The van der Waals surface area contributed by atoms with Gasteiger partial charge < -0.3 is 4.74 Å². The van der Waals surface area contributed by atoms with Gasteiger partial charge in [0, 0.05) is 5.38 Å². The third kappa shape index (κ3) is 1.49. The first-order valence-electron chi connectivity index (χ1n) is 6.09. The summed E-state index contributed by atoms with van der Waals surface area (Å²) >= 11 is 1.40. The van der Waals surface area contributed by atoms with Crippen LogP contribution >= 0.6 is 11.3 Å². The van der Waals surface area contributed by atoms with E-state index in [2.05, 4.69) is 15.8 Å². The smallest absolute Gasteiger partial charge is 0.357 e. The number of methoxy groups -OCH3 is 1. The van der Waals surface area contributed by atoms with Crippen LogP contribution in [0.1, 0.15) is 47.6 Å². The van der Waals surface area contributed by atoms with Crippen molar-refractivity contribution in [1.29, 1.82) is 5.26 Å².